The number of ether oxygens (including phenoxy) is 2. The highest BCUT2D eigenvalue weighted by Gasteiger charge is 2.31. The van der Waals surface area contributed by atoms with Gasteiger partial charge in [-0.25, -0.2) is 0 Å². The van der Waals surface area contributed by atoms with Gasteiger partial charge in [0.1, 0.15) is 12.6 Å². The zero-order chi connectivity index (χ0) is 25.7. The molecule has 1 heterocycles. The summed E-state index contributed by atoms with van der Waals surface area (Å²) in [5.74, 6) is -0.895. The molecule has 0 saturated carbocycles. The maximum absolute atomic E-state index is 13.2. The Labute approximate surface area is 200 Å². The fourth-order valence-electron chi connectivity index (χ4n) is 3.92. The molecular formula is C24H38F2N4O4. The fourth-order valence-corrected chi connectivity index (χ4v) is 3.92. The molecule has 0 unspecified atom stereocenters. The van der Waals surface area contributed by atoms with E-state index in [0.29, 0.717) is 13.1 Å². The third kappa shape index (κ3) is 8.48. The molecule has 192 valence electrons. The lowest BCUT2D eigenvalue weighted by atomic mass is 9.91. The lowest BCUT2D eigenvalue weighted by Crippen LogP contribution is -2.53. The third-order valence-corrected chi connectivity index (χ3v) is 5.04. The van der Waals surface area contributed by atoms with Gasteiger partial charge in [-0.1, -0.05) is 41.5 Å². The molecule has 10 heteroatoms. The first-order valence-electron chi connectivity index (χ1n) is 11.4. The van der Waals surface area contributed by atoms with E-state index in [0.717, 1.165) is 0 Å². The number of nitrogens with zero attached hydrogens (tertiary/aromatic N) is 2. The van der Waals surface area contributed by atoms with Gasteiger partial charge in [0.05, 0.1) is 12.3 Å². The molecule has 1 aliphatic heterocycles. The molecule has 2 rings (SSSR count). The van der Waals surface area contributed by atoms with Gasteiger partial charge < -0.3 is 25.4 Å². The molecule has 34 heavy (non-hydrogen) atoms. The average Bonchev–Trinajstić information content (AvgIpc) is 2.66. The van der Waals surface area contributed by atoms with Gasteiger partial charge in [-0.05, 0) is 23.0 Å². The summed E-state index contributed by atoms with van der Waals surface area (Å²) in [6.07, 6.45) is 0. The van der Waals surface area contributed by atoms with Crippen LogP contribution in [0.15, 0.2) is 18.2 Å². The van der Waals surface area contributed by atoms with Crippen LogP contribution in [0.25, 0.3) is 0 Å². The van der Waals surface area contributed by atoms with Crippen LogP contribution < -0.4 is 20.7 Å². The van der Waals surface area contributed by atoms with Gasteiger partial charge in [0.2, 0.25) is 5.91 Å². The van der Waals surface area contributed by atoms with E-state index in [4.69, 9.17) is 10.5 Å². The van der Waals surface area contributed by atoms with Crippen molar-refractivity contribution in [2.24, 2.45) is 16.6 Å². The molecule has 1 saturated heterocycles. The highest BCUT2D eigenvalue weighted by Crippen LogP contribution is 2.34. The standard InChI is InChI=1S/C24H38F2N4O4/c1-23(2,3)14-29(15-24(4,5)6)18(12-27)21(32)28-16-7-8-17(19(11-16)34-22(25)26)30-9-10-33-13-20(30)31/h7-8,11,18,22H,9-10,12-15,27H2,1-6H3,(H,28,32)/t18-/m0/s1. The van der Waals surface area contributed by atoms with Crippen molar-refractivity contribution in [3.63, 3.8) is 0 Å². The van der Waals surface area contributed by atoms with Crippen LogP contribution in [0.1, 0.15) is 41.5 Å². The Bertz CT molecular complexity index is 836. The summed E-state index contributed by atoms with van der Waals surface area (Å²) in [6, 6.07) is 3.72. The molecule has 1 atom stereocenters. The van der Waals surface area contributed by atoms with Gasteiger partial charge in [-0.2, -0.15) is 8.78 Å². The number of morpholine rings is 1. The number of hydrogen-bond donors (Lipinski definition) is 2. The lowest BCUT2D eigenvalue weighted by Gasteiger charge is -2.38. The van der Waals surface area contributed by atoms with Gasteiger partial charge in [0, 0.05) is 37.9 Å². The minimum Gasteiger partial charge on any atom is -0.433 e. The molecular weight excluding hydrogens is 446 g/mol. The molecule has 3 N–H and O–H groups in total. The maximum Gasteiger partial charge on any atom is 0.387 e. The SMILES string of the molecule is CC(C)(C)CN(CC(C)(C)C)[C@@H](CN)C(=O)Nc1ccc(N2CCOCC2=O)c(OC(F)F)c1. The van der Waals surface area contributed by atoms with Crippen molar-refractivity contribution in [1.29, 1.82) is 0 Å². The first-order valence-corrected chi connectivity index (χ1v) is 11.4. The predicted molar refractivity (Wildman–Crippen MR) is 128 cm³/mol. The van der Waals surface area contributed by atoms with Crippen molar-refractivity contribution >= 4 is 23.2 Å². The van der Waals surface area contributed by atoms with Gasteiger partial charge in [-0.15, -0.1) is 0 Å². The quantitative estimate of drug-likeness (QED) is 0.558. The van der Waals surface area contributed by atoms with Crippen LogP contribution in [-0.4, -0.2) is 68.8 Å². The van der Waals surface area contributed by atoms with Crippen molar-refractivity contribution < 1.29 is 27.8 Å². The number of halogens is 2. The number of benzene rings is 1. The van der Waals surface area contributed by atoms with Gasteiger partial charge in [-0.3, -0.25) is 14.5 Å². The molecule has 1 aromatic carbocycles. The largest absolute Gasteiger partial charge is 0.433 e. The van der Waals surface area contributed by atoms with Crippen LogP contribution in [0, 0.1) is 10.8 Å². The van der Waals surface area contributed by atoms with Crippen LogP contribution in [-0.2, 0) is 14.3 Å². The summed E-state index contributed by atoms with van der Waals surface area (Å²) < 4.78 is 36.0. The summed E-state index contributed by atoms with van der Waals surface area (Å²) in [5, 5.41) is 2.79. The molecule has 1 aromatic rings. The Hall–Kier alpha value is -2.30. The zero-order valence-corrected chi connectivity index (χ0v) is 21.0. The van der Waals surface area contributed by atoms with E-state index >= 15 is 0 Å². The summed E-state index contributed by atoms with van der Waals surface area (Å²) >= 11 is 0. The van der Waals surface area contributed by atoms with Crippen molar-refractivity contribution in [2.45, 2.75) is 54.2 Å². The number of anilines is 2. The molecule has 2 amide bonds. The van der Waals surface area contributed by atoms with Crippen molar-refractivity contribution in [3.05, 3.63) is 18.2 Å². The average molecular weight is 485 g/mol. The number of carbonyl (C=O) groups excluding carboxylic acids is 2. The summed E-state index contributed by atoms with van der Waals surface area (Å²) in [4.78, 5) is 28.8. The minimum atomic E-state index is -3.09. The predicted octanol–water partition coefficient (Wildman–Crippen LogP) is 3.31. The monoisotopic (exact) mass is 484 g/mol. The third-order valence-electron chi connectivity index (χ3n) is 5.04. The Morgan fingerprint density at radius 1 is 1.21 bits per heavy atom. The van der Waals surface area contributed by atoms with E-state index in [-0.39, 0.29) is 66.1 Å². The lowest BCUT2D eigenvalue weighted by molar-refractivity contribution is -0.126. The Kier molecular flexibility index (Phi) is 9.38. The van der Waals surface area contributed by atoms with Crippen molar-refractivity contribution in [1.82, 2.24) is 4.90 Å². The van der Waals surface area contributed by atoms with Gasteiger partial charge in [0.25, 0.3) is 5.91 Å². The van der Waals surface area contributed by atoms with E-state index in [2.05, 4.69) is 56.5 Å². The Morgan fingerprint density at radius 3 is 2.32 bits per heavy atom. The molecule has 0 radical (unpaired) electrons. The van der Waals surface area contributed by atoms with E-state index < -0.39 is 12.7 Å². The van der Waals surface area contributed by atoms with Crippen molar-refractivity contribution in [3.8, 4) is 5.75 Å². The van der Waals surface area contributed by atoms with Crippen LogP contribution >= 0.6 is 0 Å². The van der Waals surface area contributed by atoms with Gasteiger partial charge in [0.15, 0.2) is 5.75 Å². The number of nitrogens with one attached hydrogen (secondary N) is 1. The molecule has 0 bridgehead atoms. The normalized spacial score (nSPS) is 16.2. The van der Waals surface area contributed by atoms with E-state index in [1.54, 1.807) is 6.07 Å². The second-order valence-electron chi connectivity index (χ2n) is 10.9. The van der Waals surface area contributed by atoms with Gasteiger partial charge >= 0.3 is 6.61 Å². The van der Waals surface area contributed by atoms with Crippen LogP contribution in [0.5, 0.6) is 5.75 Å². The second-order valence-corrected chi connectivity index (χ2v) is 10.9. The van der Waals surface area contributed by atoms with E-state index in [1.165, 1.54) is 17.0 Å². The van der Waals surface area contributed by atoms with Crippen molar-refractivity contribution in [2.75, 3.05) is 49.6 Å². The van der Waals surface area contributed by atoms with Crippen LogP contribution in [0.4, 0.5) is 20.2 Å². The molecule has 8 nitrogen and oxygen atoms in total. The first kappa shape index (κ1) is 27.9. The molecule has 0 aromatic heterocycles. The summed E-state index contributed by atoms with van der Waals surface area (Å²) in [6.45, 7) is 11.2. The number of alkyl halides is 2. The van der Waals surface area contributed by atoms with E-state index in [9.17, 15) is 18.4 Å². The summed E-state index contributed by atoms with van der Waals surface area (Å²) in [5.41, 5.74) is 6.36. The molecule has 0 spiro atoms. The maximum atomic E-state index is 13.2. The minimum absolute atomic E-state index is 0.0659. The number of rotatable bonds is 9. The highest BCUT2D eigenvalue weighted by molar-refractivity contribution is 5.98. The Morgan fingerprint density at radius 2 is 1.82 bits per heavy atom. The fraction of sp³-hybridized carbons (Fsp3) is 0.667. The topological polar surface area (TPSA) is 97.1 Å². The molecule has 0 aliphatic carbocycles. The smallest absolute Gasteiger partial charge is 0.387 e. The second kappa shape index (κ2) is 11.4. The number of nitrogens with two attached hydrogens (primary N) is 1. The van der Waals surface area contributed by atoms with Crippen LogP contribution in [0.3, 0.4) is 0 Å². The summed E-state index contributed by atoms with van der Waals surface area (Å²) in [7, 11) is 0. The Balaban J connectivity index is 2.30. The molecule has 1 fully saturated rings. The van der Waals surface area contributed by atoms with Crippen LogP contribution in [0.2, 0.25) is 0 Å². The number of hydrogen-bond acceptors (Lipinski definition) is 6. The van der Waals surface area contributed by atoms with E-state index in [1.807, 2.05) is 0 Å². The number of carbonyl (C=O) groups is 2. The zero-order valence-electron chi connectivity index (χ0n) is 21.0. The first-order chi connectivity index (χ1) is 15.7. The highest BCUT2D eigenvalue weighted by atomic mass is 19.3. The number of amides is 2. The molecule has 1 aliphatic rings.